The normalized spacial score (nSPS) is 15.6. The van der Waals surface area contributed by atoms with Gasteiger partial charge in [-0.3, -0.25) is 9.59 Å². The number of carbonyl (C=O) groups excluding carboxylic acids is 2. The predicted octanol–water partition coefficient (Wildman–Crippen LogP) is 0.916. The van der Waals surface area contributed by atoms with Gasteiger partial charge in [0.2, 0.25) is 11.8 Å². The molecule has 2 rings (SSSR count). The lowest BCUT2D eigenvalue weighted by Gasteiger charge is -2.27. The first-order chi connectivity index (χ1) is 8.60. The van der Waals surface area contributed by atoms with Gasteiger partial charge < -0.3 is 15.0 Å². The molecule has 1 N–H and O–H groups in total. The van der Waals surface area contributed by atoms with Crippen molar-refractivity contribution in [1.82, 2.24) is 10.2 Å². The highest BCUT2D eigenvalue weighted by molar-refractivity contribution is 9.10. The van der Waals surface area contributed by atoms with E-state index in [4.69, 9.17) is 4.74 Å². The van der Waals surface area contributed by atoms with Gasteiger partial charge in [-0.2, -0.15) is 0 Å². The van der Waals surface area contributed by atoms with Crippen LogP contribution >= 0.6 is 15.9 Å². The van der Waals surface area contributed by atoms with Crippen molar-refractivity contribution in [1.29, 1.82) is 0 Å². The van der Waals surface area contributed by atoms with Crippen molar-refractivity contribution in [2.45, 2.75) is 6.54 Å². The number of hydrogen-bond donors (Lipinski definition) is 1. The Morgan fingerprint density at radius 3 is 2.94 bits per heavy atom. The molecule has 1 aliphatic heterocycles. The van der Waals surface area contributed by atoms with E-state index in [1.54, 1.807) is 7.11 Å². The fraction of sp³-hybridized carbons (Fsp3) is 0.333. The van der Waals surface area contributed by atoms with Gasteiger partial charge in [0.25, 0.3) is 0 Å². The Morgan fingerprint density at radius 1 is 1.44 bits per heavy atom. The highest BCUT2D eigenvalue weighted by Crippen LogP contribution is 2.24. The number of halogens is 1. The van der Waals surface area contributed by atoms with Gasteiger partial charge in [0.15, 0.2) is 0 Å². The van der Waals surface area contributed by atoms with Gasteiger partial charge in [-0.25, -0.2) is 0 Å². The molecule has 0 unspecified atom stereocenters. The van der Waals surface area contributed by atoms with Crippen LogP contribution in [0.2, 0.25) is 0 Å². The van der Waals surface area contributed by atoms with Gasteiger partial charge in [0.1, 0.15) is 5.75 Å². The van der Waals surface area contributed by atoms with Gasteiger partial charge >= 0.3 is 0 Å². The number of piperazine rings is 1. The molecule has 96 valence electrons. The molecule has 6 heteroatoms. The second-order valence-corrected chi connectivity index (χ2v) is 4.90. The zero-order valence-electron chi connectivity index (χ0n) is 9.90. The molecule has 18 heavy (non-hydrogen) atoms. The average Bonchev–Trinajstić information content (AvgIpc) is 2.34. The van der Waals surface area contributed by atoms with E-state index in [2.05, 4.69) is 21.2 Å². The van der Waals surface area contributed by atoms with Crippen molar-refractivity contribution in [2.24, 2.45) is 0 Å². The number of hydrogen-bond acceptors (Lipinski definition) is 3. The molecule has 1 fully saturated rings. The second-order valence-electron chi connectivity index (χ2n) is 3.98. The number of ether oxygens (including phenoxy) is 1. The molecular formula is C12H13BrN2O3. The minimum atomic E-state index is -0.136. The maximum Gasteiger partial charge on any atom is 0.242 e. The fourth-order valence-corrected chi connectivity index (χ4v) is 2.23. The second kappa shape index (κ2) is 5.39. The molecule has 0 aromatic heterocycles. The molecule has 0 radical (unpaired) electrons. The largest absolute Gasteiger partial charge is 0.496 e. The first-order valence-electron chi connectivity index (χ1n) is 5.47. The molecule has 2 amide bonds. The van der Waals surface area contributed by atoms with Crippen LogP contribution in [0.3, 0.4) is 0 Å². The first kappa shape index (κ1) is 12.9. The molecule has 0 saturated carbocycles. The van der Waals surface area contributed by atoms with Crippen molar-refractivity contribution in [3.63, 3.8) is 0 Å². The van der Waals surface area contributed by atoms with Gasteiger partial charge in [0, 0.05) is 16.6 Å². The standard InChI is InChI=1S/C12H13BrN2O3/c1-18-10-3-2-9(13)4-8(10)6-15-7-11(16)14-5-12(15)17/h2-4H,5-7H2,1H3,(H,14,16). The van der Waals surface area contributed by atoms with Crippen molar-refractivity contribution in [2.75, 3.05) is 20.2 Å². The smallest absolute Gasteiger partial charge is 0.242 e. The molecular weight excluding hydrogens is 300 g/mol. The maximum absolute atomic E-state index is 11.7. The van der Waals surface area contributed by atoms with Crippen molar-refractivity contribution in [3.05, 3.63) is 28.2 Å². The van der Waals surface area contributed by atoms with Crippen LogP contribution in [-0.4, -0.2) is 36.9 Å². The third kappa shape index (κ3) is 2.81. The zero-order chi connectivity index (χ0) is 13.1. The number of amides is 2. The van der Waals surface area contributed by atoms with E-state index in [1.807, 2.05) is 18.2 Å². The van der Waals surface area contributed by atoms with Crippen LogP contribution in [0, 0.1) is 0 Å². The molecule has 0 bridgehead atoms. The SMILES string of the molecule is COc1ccc(Br)cc1CN1CC(=O)NCC1=O. The summed E-state index contributed by atoms with van der Waals surface area (Å²) in [5, 5.41) is 2.52. The van der Waals surface area contributed by atoms with E-state index in [9.17, 15) is 9.59 Å². The van der Waals surface area contributed by atoms with Gasteiger partial charge in [0.05, 0.1) is 20.2 Å². The predicted molar refractivity (Wildman–Crippen MR) is 69.1 cm³/mol. The van der Waals surface area contributed by atoms with Gasteiger partial charge in [-0.15, -0.1) is 0 Å². The molecule has 1 aromatic rings. The van der Waals surface area contributed by atoms with Crippen LogP contribution in [0.25, 0.3) is 0 Å². The summed E-state index contributed by atoms with van der Waals surface area (Å²) in [5.41, 5.74) is 0.870. The lowest BCUT2D eigenvalue weighted by atomic mass is 10.1. The number of rotatable bonds is 3. The molecule has 5 nitrogen and oxygen atoms in total. The Hall–Kier alpha value is -1.56. The highest BCUT2D eigenvalue weighted by atomic mass is 79.9. The summed E-state index contributed by atoms with van der Waals surface area (Å²) < 4.78 is 6.15. The summed E-state index contributed by atoms with van der Waals surface area (Å²) in [6.07, 6.45) is 0. The van der Waals surface area contributed by atoms with E-state index in [-0.39, 0.29) is 24.9 Å². The highest BCUT2D eigenvalue weighted by Gasteiger charge is 2.23. The van der Waals surface area contributed by atoms with E-state index >= 15 is 0 Å². The third-order valence-corrected chi connectivity index (χ3v) is 3.22. The van der Waals surface area contributed by atoms with Crippen molar-refractivity contribution >= 4 is 27.7 Å². The van der Waals surface area contributed by atoms with Crippen molar-refractivity contribution in [3.8, 4) is 5.75 Å². The minimum Gasteiger partial charge on any atom is -0.496 e. The van der Waals surface area contributed by atoms with E-state index in [0.717, 1.165) is 10.0 Å². The van der Waals surface area contributed by atoms with Crippen LogP contribution in [0.4, 0.5) is 0 Å². The molecule has 1 aliphatic rings. The average molecular weight is 313 g/mol. The number of methoxy groups -OCH3 is 1. The third-order valence-electron chi connectivity index (χ3n) is 2.73. The van der Waals surface area contributed by atoms with E-state index in [0.29, 0.717) is 12.3 Å². The number of carbonyl (C=O) groups is 2. The zero-order valence-corrected chi connectivity index (χ0v) is 11.5. The Bertz CT molecular complexity index is 490. The lowest BCUT2D eigenvalue weighted by Crippen LogP contribution is -2.51. The van der Waals surface area contributed by atoms with Crippen LogP contribution < -0.4 is 10.1 Å². The Kier molecular flexibility index (Phi) is 3.86. The number of nitrogens with zero attached hydrogens (tertiary/aromatic N) is 1. The Balaban J connectivity index is 2.19. The van der Waals surface area contributed by atoms with Crippen LogP contribution in [0.5, 0.6) is 5.75 Å². The molecule has 1 saturated heterocycles. The summed E-state index contributed by atoms with van der Waals surface area (Å²) in [6, 6.07) is 5.58. The molecule has 1 heterocycles. The number of nitrogens with one attached hydrogen (secondary N) is 1. The summed E-state index contributed by atoms with van der Waals surface area (Å²) >= 11 is 3.38. The quantitative estimate of drug-likeness (QED) is 0.903. The summed E-state index contributed by atoms with van der Waals surface area (Å²) in [4.78, 5) is 24.5. The molecule has 0 spiro atoms. The maximum atomic E-state index is 11.7. The number of benzene rings is 1. The topological polar surface area (TPSA) is 58.6 Å². The van der Waals surface area contributed by atoms with Crippen LogP contribution in [0.15, 0.2) is 22.7 Å². The Labute approximate surface area is 113 Å². The molecule has 0 atom stereocenters. The van der Waals surface area contributed by atoms with Gasteiger partial charge in [-0.1, -0.05) is 15.9 Å². The summed E-state index contributed by atoms with van der Waals surface area (Å²) in [5.74, 6) is 0.483. The van der Waals surface area contributed by atoms with Crippen LogP contribution in [-0.2, 0) is 16.1 Å². The molecule has 1 aromatic carbocycles. The minimum absolute atomic E-state index is 0.0646. The van der Waals surface area contributed by atoms with E-state index in [1.165, 1.54) is 4.90 Å². The summed E-state index contributed by atoms with van der Waals surface area (Å²) in [6.45, 7) is 0.526. The van der Waals surface area contributed by atoms with Gasteiger partial charge in [-0.05, 0) is 18.2 Å². The Morgan fingerprint density at radius 2 is 2.22 bits per heavy atom. The van der Waals surface area contributed by atoms with E-state index < -0.39 is 0 Å². The molecule has 0 aliphatic carbocycles. The van der Waals surface area contributed by atoms with Crippen LogP contribution in [0.1, 0.15) is 5.56 Å². The summed E-state index contributed by atoms with van der Waals surface area (Å²) in [7, 11) is 1.58. The van der Waals surface area contributed by atoms with Crippen molar-refractivity contribution < 1.29 is 14.3 Å². The fourth-order valence-electron chi connectivity index (χ4n) is 1.82. The lowest BCUT2D eigenvalue weighted by molar-refractivity contribution is -0.141. The first-order valence-corrected chi connectivity index (χ1v) is 6.26. The monoisotopic (exact) mass is 312 g/mol.